The summed E-state index contributed by atoms with van der Waals surface area (Å²) in [6.07, 6.45) is 0. The predicted octanol–water partition coefficient (Wildman–Crippen LogP) is 31.7. The second-order valence-corrected chi connectivity index (χ2v) is 38.2. The summed E-state index contributed by atoms with van der Waals surface area (Å²) in [6, 6.07) is 75.5. The summed E-state index contributed by atoms with van der Waals surface area (Å²) < 4.78 is 17.4. The number of fused-ring (bicyclic) bond motifs is 14. The number of hydrogen-bond donors (Lipinski definition) is 0. The molecule has 0 atom stereocenters. The number of thiophene rings is 10. The van der Waals surface area contributed by atoms with Crippen LogP contribution in [0.2, 0.25) is 0 Å². The van der Waals surface area contributed by atoms with Crippen LogP contribution in [0.25, 0.3) is 110 Å². The van der Waals surface area contributed by atoms with Crippen molar-refractivity contribution >= 4 is 224 Å². The van der Waals surface area contributed by atoms with E-state index in [0.29, 0.717) is 0 Å². The lowest BCUT2D eigenvalue weighted by molar-refractivity contribution is 1.40. The van der Waals surface area contributed by atoms with Crippen LogP contribution in [0.15, 0.2) is 206 Å². The molecule has 0 fully saturated rings. The molecule has 0 unspecified atom stereocenters. The molecule has 494 valence electrons. The van der Waals surface area contributed by atoms with Crippen molar-refractivity contribution in [2.45, 2.75) is 111 Å². The average molecular weight is 1460 g/mol. The van der Waals surface area contributed by atoms with Crippen LogP contribution in [0.5, 0.6) is 0 Å². The Morgan fingerprint density at radius 3 is 0.806 bits per heavy atom. The molecule has 0 spiro atoms. The van der Waals surface area contributed by atoms with Crippen molar-refractivity contribution in [2.24, 2.45) is 0 Å². The lowest BCUT2D eigenvalue weighted by Crippen LogP contribution is -1.79. The van der Waals surface area contributed by atoms with Gasteiger partial charge in [-0.05, 0) is 250 Å². The van der Waals surface area contributed by atoms with Crippen LogP contribution >= 0.6 is 113 Å². The van der Waals surface area contributed by atoms with Gasteiger partial charge in [-0.2, -0.15) is 0 Å². The summed E-state index contributed by atoms with van der Waals surface area (Å²) in [5, 5.41) is 13.6. The van der Waals surface area contributed by atoms with E-state index in [1.165, 1.54) is 194 Å². The molecule has 19 aromatic rings. The quantitative estimate of drug-likeness (QED) is 0.133. The van der Waals surface area contributed by atoms with Crippen molar-refractivity contribution in [1.82, 2.24) is 0 Å². The normalized spacial score (nSPS) is 11.1. The SMILES string of the molecule is Cc1cc2cc3sc(C)cc3cc2s1.Cc1cc2sc(C)cc2s1.Cc1cc2sc3cc(C)sc3c2s1.Cc1ccc(C)cc1.Cc1ccc(C)s1.Cc1ccc2c(c1)sc1c3ccc(C)cc3sc21.Cc1ccc2cc(C)ccc2c1.Cc1ccc2cc3cc(C)ccc3cc2c1. The van der Waals surface area contributed by atoms with Crippen LogP contribution in [0.1, 0.15) is 83.5 Å². The number of rotatable bonds is 0. The van der Waals surface area contributed by atoms with E-state index >= 15 is 0 Å². The van der Waals surface area contributed by atoms with Crippen molar-refractivity contribution in [3.8, 4) is 0 Å². The van der Waals surface area contributed by atoms with Crippen molar-refractivity contribution in [3.63, 3.8) is 0 Å². The molecule has 0 saturated heterocycles. The molecule has 9 aromatic carbocycles. The number of hydrogen-bond acceptors (Lipinski definition) is 10. The van der Waals surface area contributed by atoms with E-state index < -0.39 is 0 Å². The zero-order valence-electron chi connectivity index (χ0n) is 58.7. The van der Waals surface area contributed by atoms with Gasteiger partial charge in [0.2, 0.25) is 0 Å². The summed E-state index contributed by atoms with van der Waals surface area (Å²) >= 11 is 19.0. The molecule has 19 rings (SSSR count). The lowest BCUT2D eigenvalue weighted by Gasteiger charge is -2.04. The highest BCUT2D eigenvalue weighted by molar-refractivity contribution is 7.38. The third-order valence-corrected chi connectivity index (χ3v) is 27.8. The van der Waals surface area contributed by atoms with E-state index in [1.807, 2.05) is 113 Å². The fourth-order valence-electron chi connectivity index (χ4n) is 11.9. The van der Waals surface area contributed by atoms with Gasteiger partial charge in [-0.3, -0.25) is 0 Å². The van der Waals surface area contributed by atoms with E-state index in [9.17, 15) is 0 Å². The zero-order valence-corrected chi connectivity index (χ0v) is 66.9. The van der Waals surface area contributed by atoms with Crippen LogP contribution in [-0.4, -0.2) is 0 Å². The fourth-order valence-corrected chi connectivity index (χ4v) is 23.5. The van der Waals surface area contributed by atoms with Gasteiger partial charge in [0, 0.05) is 87.4 Å². The minimum absolute atomic E-state index is 1.32. The summed E-state index contributed by atoms with van der Waals surface area (Å²) in [5.41, 5.74) is 10.6. The van der Waals surface area contributed by atoms with Gasteiger partial charge in [-0.25, -0.2) is 0 Å². The predicted molar refractivity (Wildman–Crippen MR) is 459 cm³/mol. The maximum atomic E-state index is 2.31. The topological polar surface area (TPSA) is 0 Å². The Balaban J connectivity index is 0.000000108. The first-order valence-electron chi connectivity index (χ1n) is 33.0. The molecule has 0 N–H and O–H groups in total. The molecule has 0 aliphatic heterocycles. The first-order valence-corrected chi connectivity index (χ1v) is 41.2. The van der Waals surface area contributed by atoms with Crippen LogP contribution < -0.4 is 0 Å². The Morgan fingerprint density at radius 1 is 0.143 bits per heavy atom. The standard InChI is InChI=1S/C16H12S2.C16H14.C12H10S2.C12H12.C10H8S3.C8H8S2.C8H10.C6H8S/c1-9-3-5-11-13(7-9)17-16-12-6-4-10(2)8-14(12)18-15(11)16;1-11-3-5-13-10-16-8-12(2)4-6-14(16)9-15(13)7-11;1-7-3-9-5-12-10(4-8(2)14-12)6-11(9)13-7;1-9-3-5-12-8-10(2)4-6-11(12)7-9;1-5-3-7-9(11-5)10-8(13-7)4-6(2)12-10;1-5-3-7-8(9-5)4-6(2)10-7;1-7-3-5-8(2)6-4-7;1-5-3-4-6(2)7-5/h3-8H,1-2H3;3-10H,1-2H3;3-6H,1-2H3;3-8H,1-2H3;3-4H,1-2H3;3-4H,1-2H3;3-6H,1-2H3;3-4H,1-2H3. The first kappa shape index (κ1) is 70.7. The second kappa shape index (κ2) is 31.2. The zero-order chi connectivity index (χ0) is 69.1. The van der Waals surface area contributed by atoms with Crippen molar-refractivity contribution < 1.29 is 0 Å². The molecule has 0 bridgehead atoms. The molecule has 98 heavy (non-hydrogen) atoms. The molecule has 0 aliphatic carbocycles. The van der Waals surface area contributed by atoms with E-state index in [4.69, 9.17) is 0 Å². The van der Waals surface area contributed by atoms with Crippen LogP contribution in [-0.2, 0) is 0 Å². The molecule has 10 heterocycles. The monoisotopic (exact) mass is 1460 g/mol. The highest BCUT2D eigenvalue weighted by Gasteiger charge is 2.13. The Labute approximate surface area is 618 Å². The summed E-state index contributed by atoms with van der Waals surface area (Å²) in [7, 11) is 0. The number of benzene rings is 9. The maximum Gasteiger partial charge on any atom is 0.0632 e. The minimum Gasteiger partial charge on any atom is -0.146 e. The van der Waals surface area contributed by atoms with Gasteiger partial charge in [-0.1, -0.05) is 155 Å². The summed E-state index contributed by atoms with van der Waals surface area (Å²) in [6.45, 7) is 34.3. The van der Waals surface area contributed by atoms with E-state index in [0.717, 1.165) is 0 Å². The Morgan fingerprint density at radius 2 is 0.439 bits per heavy atom. The van der Waals surface area contributed by atoms with E-state index in [2.05, 4.69) is 317 Å². The second-order valence-electron chi connectivity index (χ2n) is 25.9. The summed E-state index contributed by atoms with van der Waals surface area (Å²) in [4.78, 5) is 11.3. The van der Waals surface area contributed by atoms with Crippen molar-refractivity contribution in [3.05, 3.63) is 290 Å². The highest BCUT2D eigenvalue weighted by atomic mass is 32.1. The molecule has 0 amide bonds. The third-order valence-electron chi connectivity index (χ3n) is 16.7. The van der Waals surface area contributed by atoms with Crippen molar-refractivity contribution in [1.29, 1.82) is 0 Å². The Kier molecular flexibility index (Phi) is 22.5. The van der Waals surface area contributed by atoms with Gasteiger partial charge < -0.3 is 0 Å². The van der Waals surface area contributed by atoms with Gasteiger partial charge in [0.15, 0.2) is 0 Å². The van der Waals surface area contributed by atoms with Crippen LogP contribution in [0.4, 0.5) is 0 Å². The molecule has 0 saturated carbocycles. The Bertz CT molecular complexity index is 5530. The van der Waals surface area contributed by atoms with Crippen LogP contribution in [0.3, 0.4) is 0 Å². The fraction of sp³-hybridized carbons (Fsp3) is 0.182. The molecular weight excluding hydrogens is 1380 g/mol. The van der Waals surface area contributed by atoms with Gasteiger partial charge >= 0.3 is 0 Å². The van der Waals surface area contributed by atoms with Gasteiger partial charge in [0.1, 0.15) is 0 Å². The average Bonchev–Trinajstić information content (AvgIpc) is 1.62. The molecule has 10 aromatic heterocycles. The molecule has 0 nitrogen and oxygen atoms in total. The van der Waals surface area contributed by atoms with Gasteiger partial charge in [0.05, 0.1) is 18.8 Å². The van der Waals surface area contributed by atoms with E-state index in [-0.39, 0.29) is 0 Å². The number of aryl methyl sites for hydroxylation is 16. The summed E-state index contributed by atoms with van der Waals surface area (Å²) in [5.74, 6) is 0. The largest absolute Gasteiger partial charge is 0.146 e. The first-order chi connectivity index (χ1) is 47.0. The smallest absolute Gasteiger partial charge is 0.0632 e. The Hall–Kier alpha value is -7.16. The van der Waals surface area contributed by atoms with E-state index in [1.54, 1.807) is 0 Å². The third kappa shape index (κ3) is 17.5. The molecular formula is C88H82S10. The highest BCUT2D eigenvalue weighted by Crippen LogP contribution is 2.46. The van der Waals surface area contributed by atoms with Crippen molar-refractivity contribution in [2.75, 3.05) is 0 Å². The maximum absolute atomic E-state index is 2.31. The van der Waals surface area contributed by atoms with Gasteiger partial charge in [0.25, 0.3) is 0 Å². The molecule has 0 radical (unpaired) electrons. The minimum atomic E-state index is 1.32. The van der Waals surface area contributed by atoms with Crippen LogP contribution in [0, 0.1) is 111 Å². The van der Waals surface area contributed by atoms with Gasteiger partial charge in [-0.15, -0.1) is 113 Å². The molecule has 0 aliphatic rings. The molecule has 10 heteroatoms. The lowest BCUT2D eigenvalue weighted by atomic mass is 10.0.